The zero-order valence-electron chi connectivity index (χ0n) is 12.5. The van der Waals surface area contributed by atoms with Crippen LogP contribution in [0.1, 0.15) is 29.9 Å². The molecule has 1 fully saturated rings. The molecule has 0 aromatic carbocycles. The summed E-state index contributed by atoms with van der Waals surface area (Å²) in [6.45, 7) is 5.19. The van der Waals surface area contributed by atoms with Gasteiger partial charge in [-0.3, -0.25) is 14.9 Å². The smallest absolute Gasteiger partial charge is 0.349 e. The van der Waals surface area contributed by atoms with Crippen LogP contribution in [0.15, 0.2) is 12.1 Å². The Bertz CT molecular complexity index is 576. The summed E-state index contributed by atoms with van der Waals surface area (Å²) in [6.07, 6.45) is 1.09. The molecular formula is C14H18N2O5S. The number of hydrogen-bond donors (Lipinski definition) is 0. The molecule has 0 bridgehead atoms. The van der Waals surface area contributed by atoms with Gasteiger partial charge >= 0.3 is 11.0 Å². The quantitative estimate of drug-likeness (QED) is 0.481. The number of likely N-dealkylation sites (tertiary alicyclic amines) is 1. The topological polar surface area (TPSA) is 89.8 Å². The monoisotopic (exact) mass is 326 g/mol. The van der Waals surface area contributed by atoms with Gasteiger partial charge in [-0.25, -0.2) is 4.79 Å². The van der Waals surface area contributed by atoms with Crippen molar-refractivity contribution in [1.29, 1.82) is 0 Å². The van der Waals surface area contributed by atoms with Crippen LogP contribution in [0.2, 0.25) is 0 Å². The van der Waals surface area contributed by atoms with Gasteiger partial charge in [-0.2, -0.15) is 0 Å². The maximum absolute atomic E-state index is 12.1. The second kappa shape index (κ2) is 6.87. The Morgan fingerprint density at radius 1 is 1.36 bits per heavy atom. The molecule has 0 aliphatic carbocycles. The molecule has 0 saturated carbocycles. The SMILES string of the molecule is C[C@@H]1C[C@H](C)CN(C(=O)COC(=O)c2ccc([N+](=O)[O-])s2)C1. The van der Waals surface area contributed by atoms with Crippen LogP contribution in [0.3, 0.4) is 0 Å². The Labute approximate surface area is 132 Å². The molecule has 0 N–H and O–H groups in total. The number of ether oxygens (including phenoxy) is 1. The summed E-state index contributed by atoms with van der Waals surface area (Å²) < 4.78 is 4.96. The van der Waals surface area contributed by atoms with E-state index in [0.717, 1.165) is 17.8 Å². The van der Waals surface area contributed by atoms with E-state index < -0.39 is 10.9 Å². The Kier molecular flexibility index (Phi) is 5.12. The first-order valence-electron chi connectivity index (χ1n) is 7.06. The minimum Gasteiger partial charge on any atom is -0.451 e. The zero-order chi connectivity index (χ0) is 16.3. The largest absolute Gasteiger partial charge is 0.451 e. The lowest BCUT2D eigenvalue weighted by atomic mass is 9.92. The third-order valence-corrected chi connectivity index (χ3v) is 4.54. The van der Waals surface area contributed by atoms with Crippen LogP contribution in [0.25, 0.3) is 0 Å². The van der Waals surface area contributed by atoms with Gasteiger partial charge in [0.1, 0.15) is 4.88 Å². The van der Waals surface area contributed by atoms with E-state index in [0.29, 0.717) is 24.9 Å². The molecule has 2 heterocycles. The maximum atomic E-state index is 12.1. The maximum Gasteiger partial charge on any atom is 0.349 e. The van der Waals surface area contributed by atoms with E-state index in [9.17, 15) is 19.7 Å². The van der Waals surface area contributed by atoms with E-state index >= 15 is 0 Å². The van der Waals surface area contributed by atoms with E-state index in [1.54, 1.807) is 4.90 Å². The molecule has 1 aliphatic rings. The highest BCUT2D eigenvalue weighted by atomic mass is 32.1. The van der Waals surface area contributed by atoms with Crippen LogP contribution in [0.5, 0.6) is 0 Å². The first kappa shape index (κ1) is 16.4. The molecule has 0 spiro atoms. The highest BCUT2D eigenvalue weighted by molar-refractivity contribution is 7.17. The Morgan fingerprint density at radius 3 is 2.55 bits per heavy atom. The van der Waals surface area contributed by atoms with Crippen LogP contribution in [-0.4, -0.2) is 41.4 Å². The minimum absolute atomic E-state index is 0.125. The third-order valence-electron chi connectivity index (χ3n) is 3.52. The van der Waals surface area contributed by atoms with E-state index in [1.807, 2.05) is 0 Å². The molecule has 1 aromatic heterocycles. The van der Waals surface area contributed by atoms with Crippen LogP contribution in [0, 0.1) is 22.0 Å². The molecule has 8 heteroatoms. The van der Waals surface area contributed by atoms with Gasteiger partial charge in [-0.1, -0.05) is 25.2 Å². The van der Waals surface area contributed by atoms with Crippen molar-refractivity contribution in [3.63, 3.8) is 0 Å². The third kappa shape index (κ3) is 4.03. The van der Waals surface area contributed by atoms with Gasteiger partial charge in [0, 0.05) is 19.2 Å². The fourth-order valence-electron chi connectivity index (χ4n) is 2.69. The Balaban J connectivity index is 1.87. The number of piperidine rings is 1. The number of thiophene rings is 1. The van der Waals surface area contributed by atoms with Crippen molar-refractivity contribution < 1.29 is 19.2 Å². The average molecular weight is 326 g/mol. The van der Waals surface area contributed by atoms with Crippen LogP contribution in [-0.2, 0) is 9.53 Å². The lowest BCUT2D eigenvalue weighted by Gasteiger charge is -2.34. The van der Waals surface area contributed by atoms with Crippen molar-refractivity contribution in [3.05, 3.63) is 27.1 Å². The standard InChI is InChI=1S/C14H18N2O5S/c1-9-5-10(2)7-15(6-9)12(17)8-21-14(18)11-3-4-13(22-11)16(19)20/h3-4,9-10H,5-8H2,1-2H3/t9-,10+. The summed E-state index contributed by atoms with van der Waals surface area (Å²) in [6, 6.07) is 2.58. The summed E-state index contributed by atoms with van der Waals surface area (Å²) in [5, 5.41) is 10.4. The zero-order valence-corrected chi connectivity index (χ0v) is 13.3. The minimum atomic E-state index is -0.704. The number of carbonyl (C=O) groups excluding carboxylic acids is 2. The number of carbonyl (C=O) groups is 2. The molecule has 1 aliphatic heterocycles. The molecule has 2 atom stereocenters. The Morgan fingerprint density at radius 2 is 2.00 bits per heavy atom. The van der Waals surface area contributed by atoms with E-state index in [1.165, 1.54) is 12.1 Å². The number of amides is 1. The predicted molar refractivity (Wildman–Crippen MR) is 80.8 cm³/mol. The molecule has 0 radical (unpaired) electrons. The van der Waals surface area contributed by atoms with Crippen molar-refractivity contribution in [1.82, 2.24) is 4.90 Å². The average Bonchev–Trinajstić information content (AvgIpc) is 2.93. The predicted octanol–water partition coefficient (Wildman–Crippen LogP) is 2.32. The number of esters is 1. The van der Waals surface area contributed by atoms with Gasteiger partial charge in [-0.05, 0) is 24.3 Å². The van der Waals surface area contributed by atoms with E-state index in [-0.39, 0.29) is 22.4 Å². The van der Waals surface area contributed by atoms with Crippen LogP contribution < -0.4 is 0 Å². The molecular weight excluding hydrogens is 308 g/mol. The number of nitrogens with zero attached hydrogens (tertiary/aromatic N) is 2. The fourth-order valence-corrected chi connectivity index (χ4v) is 3.41. The molecule has 120 valence electrons. The molecule has 1 aromatic rings. The van der Waals surface area contributed by atoms with E-state index in [2.05, 4.69) is 13.8 Å². The summed E-state index contributed by atoms with van der Waals surface area (Å²) >= 11 is 0.739. The lowest BCUT2D eigenvalue weighted by Crippen LogP contribution is -2.44. The van der Waals surface area contributed by atoms with Crippen molar-refractivity contribution >= 4 is 28.2 Å². The van der Waals surface area contributed by atoms with Gasteiger partial charge in [0.05, 0.1) is 4.92 Å². The fraction of sp³-hybridized carbons (Fsp3) is 0.571. The second-order valence-electron chi connectivity index (χ2n) is 5.72. The lowest BCUT2D eigenvalue weighted by molar-refractivity contribution is -0.380. The van der Waals surface area contributed by atoms with Crippen LogP contribution >= 0.6 is 11.3 Å². The molecule has 0 unspecified atom stereocenters. The second-order valence-corrected chi connectivity index (χ2v) is 6.78. The number of hydrogen-bond acceptors (Lipinski definition) is 6. The molecule has 2 rings (SSSR count). The van der Waals surface area contributed by atoms with Crippen LogP contribution in [0.4, 0.5) is 5.00 Å². The number of rotatable bonds is 4. The van der Waals surface area contributed by atoms with E-state index in [4.69, 9.17) is 4.74 Å². The van der Waals surface area contributed by atoms with Crippen molar-refractivity contribution in [2.75, 3.05) is 19.7 Å². The molecule has 7 nitrogen and oxygen atoms in total. The highest BCUT2D eigenvalue weighted by Crippen LogP contribution is 2.25. The molecule has 22 heavy (non-hydrogen) atoms. The summed E-state index contributed by atoms with van der Waals surface area (Å²) in [4.78, 5) is 35.7. The van der Waals surface area contributed by atoms with Gasteiger partial charge in [-0.15, -0.1) is 0 Å². The summed E-state index contributed by atoms with van der Waals surface area (Å²) in [5.41, 5.74) is 0. The Hall–Kier alpha value is -1.96. The normalized spacial score (nSPS) is 21.5. The molecule has 1 saturated heterocycles. The summed E-state index contributed by atoms with van der Waals surface area (Å²) in [7, 11) is 0. The first-order valence-corrected chi connectivity index (χ1v) is 7.87. The summed E-state index contributed by atoms with van der Waals surface area (Å²) in [5.74, 6) is -0.0611. The van der Waals surface area contributed by atoms with Gasteiger partial charge in [0.15, 0.2) is 6.61 Å². The van der Waals surface area contributed by atoms with Crippen molar-refractivity contribution in [2.24, 2.45) is 11.8 Å². The molecule has 1 amide bonds. The van der Waals surface area contributed by atoms with Crippen molar-refractivity contribution in [2.45, 2.75) is 20.3 Å². The van der Waals surface area contributed by atoms with Gasteiger partial charge in [0.2, 0.25) is 0 Å². The van der Waals surface area contributed by atoms with Gasteiger partial charge < -0.3 is 9.64 Å². The number of nitro groups is 1. The van der Waals surface area contributed by atoms with Gasteiger partial charge in [0.25, 0.3) is 5.91 Å². The van der Waals surface area contributed by atoms with Crippen molar-refractivity contribution in [3.8, 4) is 0 Å². The first-order chi connectivity index (χ1) is 10.4. The highest BCUT2D eigenvalue weighted by Gasteiger charge is 2.26.